The summed E-state index contributed by atoms with van der Waals surface area (Å²) in [4.78, 5) is 4.51. The minimum atomic E-state index is -0.299. The van der Waals surface area contributed by atoms with Gasteiger partial charge >= 0.3 is 0 Å². The Morgan fingerprint density at radius 3 is 2.43 bits per heavy atom. The smallest absolute Gasteiger partial charge is 0.173 e. The first kappa shape index (κ1) is 21.0. The molecule has 1 N–H and O–H groups in total. The molecule has 1 fully saturated rings. The topological polar surface area (TPSA) is 18.5 Å². The lowest BCUT2D eigenvalue weighted by Gasteiger charge is -2.36. The molecule has 28 heavy (non-hydrogen) atoms. The van der Waals surface area contributed by atoms with E-state index in [2.05, 4.69) is 53.2 Å². The fourth-order valence-corrected chi connectivity index (χ4v) is 3.86. The number of rotatable bonds is 5. The van der Waals surface area contributed by atoms with Crippen molar-refractivity contribution in [1.29, 1.82) is 0 Å². The molecule has 1 atom stereocenters. The SMILES string of the molecule is CCC(C)c1ccc(NC(=S)N2CCN(Cc3ccc(F)cc3Cl)CC2)cc1. The molecule has 2 aromatic rings. The molecule has 0 bridgehead atoms. The lowest BCUT2D eigenvalue weighted by molar-refractivity contribution is 0.177. The Hall–Kier alpha value is -1.69. The highest BCUT2D eigenvalue weighted by molar-refractivity contribution is 7.80. The fraction of sp³-hybridized carbons (Fsp3) is 0.409. The number of piperazine rings is 1. The first-order valence-corrected chi connectivity index (χ1v) is 10.6. The van der Waals surface area contributed by atoms with Crippen LogP contribution in [0.3, 0.4) is 0 Å². The summed E-state index contributed by atoms with van der Waals surface area (Å²) in [5, 5.41) is 4.60. The van der Waals surface area contributed by atoms with Gasteiger partial charge in [-0.1, -0.05) is 43.6 Å². The van der Waals surface area contributed by atoms with Gasteiger partial charge in [0.1, 0.15) is 5.82 Å². The summed E-state index contributed by atoms with van der Waals surface area (Å²) in [5.74, 6) is 0.274. The van der Waals surface area contributed by atoms with Gasteiger partial charge in [0.05, 0.1) is 0 Å². The lowest BCUT2D eigenvalue weighted by Crippen LogP contribution is -2.49. The van der Waals surface area contributed by atoms with Crippen LogP contribution in [0, 0.1) is 5.82 Å². The van der Waals surface area contributed by atoms with E-state index in [1.807, 2.05) is 0 Å². The van der Waals surface area contributed by atoms with Gasteiger partial charge < -0.3 is 10.2 Å². The normalized spacial score (nSPS) is 16.1. The summed E-state index contributed by atoms with van der Waals surface area (Å²) >= 11 is 11.8. The van der Waals surface area contributed by atoms with Crippen LogP contribution in [0.25, 0.3) is 0 Å². The second kappa shape index (κ2) is 9.68. The van der Waals surface area contributed by atoms with Crippen molar-refractivity contribution in [3.05, 3.63) is 64.4 Å². The highest BCUT2D eigenvalue weighted by Gasteiger charge is 2.20. The molecule has 0 spiro atoms. The van der Waals surface area contributed by atoms with Crippen molar-refractivity contribution in [2.45, 2.75) is 32.7 Å². The van der Waals surface area contributed by atoms with E-state index in [9.17, 15) is 4.39 Å². The number of thiocarbonyl (C=S) groups is 1. The number of hydrogen-bond donors (Lipinski definition) is 1. The van der Waals surface area contributed by atoms with Crippen molar-refractivity contribution in [3.8, 4) is 0 Å². The predicted molar refractivity (Wildman–Crippen MR) is 120 cm³/mol. The maximum Gasteiger partial charge on any atom is 0.173 e. The largest absolute Gasteiger partial charge is 0.346 e. The van der Waals surface area contributed by atoms with E-state index in [-0.39, 0.29) is 5.82 Å². The van der Waals surface area contributed by atoms with E-state index in [1.54, 1.807) is 6.07 Å². The third-order valence-electron chi connectivity index (χ3n) is 5.41. The van der Waals surface area contributed by atoms with Crippen LogP contribution in [-0.2, 0) is 6.54 Å². The molecular weight excluding hydrogens is 393 g/mol. The molecular formula is C22H27ClFN3S. The molecule has 0 amide bonds. The maximum atomic E-state index is 13.2. The Balaban J connectivity index is 1.49. The Morgan fingerprint density at radius 1 is 1.14 bits per heavy atom. The van der Waals surface area contributed by atoms with Gasteiger partial charge in [0.2, 0.25) is 0 Å². The predicted octanol–water partition coefficient (Wildman–Crippen LogP) is 5.51. The summed E-state index contributed by atoms with van der Waals surface area (Å²) < 4.78 is 13.2. The van der Waals surface area contributed by atoms with Crippen LogP contribution in [0.15, 0.2) is 42.5 Å². The molecule has 0 aromatic heterocycles. The molecule has 150 valence electrons. The maximum absolute atomic E-state index is 13.2. The zero-order valence-corrected chi connectivity index (χ0v) is 18.0. The van der Waals surface area contributed by atoms with E-state index < -0.39 is 0 Å². The van der Waals surface area contributed by atoms with Crippen molar-refractivity contribution in [3.63, 3.8) is 0 Å². The number of benzene rings is 2. The highest BCUT2D eigenvalue weighted by Crippen LogP contribution is 2.22. The Labute approximate surface area is 177 Å². The van der Waals surface area contributed by atoms with Gasteiger partial charge in [-0.2, -0.15) is 0 Å². The Kier molecular flexibility index (Phi) is 7.27. The van der Waals surface area contributed by atoms with E-state index in [0.29, 0.717) is 10.9 Å². The average molecular weight is 420 g/mol. The van der Waals surface area contributed by atoms with E-state index in [0.717, 1.165) is 55.5 Å². The number of hydrogen-bond acceptors (Lipinski definition) is 2. The van der Waals surface area contributed by atoms with E-state index in [1.165, 1.54) is 17.7 Å². The lowest BCUT2D eigenvalue weighted by atomic mass is 9.99. The monoisotopic (exact) mass is 419 g/mol. The van der Waals surface area contributed by atoms with Crippen LogP contribution < -0.4 is 5.32 Å². The van der Waals surface area contributed by atoms with Crippen molar-refractivity contribution >= 4 is 34.6 Å². The van der Waals surface area contributed by atoms with Crippen molar-refractivity contribution in [2.75, 3.05) is 31.5 Å². The van der Waals surface area contributed by atoms with Crippen molar-refractivity contribution < 1.29 is 4.39 Å². The van der Waals surface area contributed by atoms with Gasteiger partial charge in [-0.05, 0) is 59.9 Å². The number of nitrogens with zero attached hydrogens (tertiary/aromatic N) is 2. The van der Waals surface area contributed by atoms with Crippen molar-refractivity contribution in [1.82, 2.24) is 9.80 Å². The summed E-state index contributed by atoms with van der Waals surface area (Å²) in [7, 11) is 0. The zero-order valence-electron chi connectivity index (χ0n) is 16.4. The molecule has 0 saturated carbocycles. The van der Waals surface area contributed by atoms with Gasteiger partial charge in [0.15, 0.2) is 5.11 Å². The summed E-state index contributed by atoms with van der Waals surface area (Å²) in [6.07, 6.45) is 1.14. The zero-order chi connectivity index (χ0) is 20.1. The third kappa shape index (κ3) is 5.43. The summed E-state index contributed by atoms with van der Waals surface area (Å²) in [6, 6.07) is 13.1. The third-order valence-corrected chi connectivity index (χ3v) is 6.12. The first-order valence-electron chi connectivity index (χ1n) is 9.78. The summed E-state index contributed by atoms with van der Waals surface area (Å²) in [5.41, 5.74) is 3.34. The summed E-state index contributed by atoms with van der Waals surface area (Å²) in [6.45, 7) is 8.67. The van der Waals surface area contributed by atoms with Crippen molar-refractivity contribution in [2.24, 2.45) is 0 Å². The molecule has 1 unspecified atom stereocenters. The highest BCUT2D eigenvalue weighted by atomic mass is 35.5. The van der Waals surface area contributed by atoms with Crippen LogP contribution in [-0.4, -0.2) is 41.1 Å². The molecule has 1 heterocycles. The quantitative estimate of drug-likeness (QED) is 0.644. The van der Waals surface area contributed by atoms with Crippen LogP contribution in [0.5, 0.6) is 0 Å². The molecule has 3 rings (SSSR count). The average Bonchev–Trinajstić information content (AvgIpc) is 2.70. The van der Waals surface area contributed by atoms with Gasteiger partial charge in [-0.25, -0.2) is 4.39 Å². The fourth-order valence-electron chi connectivity index (χ4n) is 3.33. The molecule has 0 radical (unpaired) electrons. The van der Waals surface area contributed by atoms with Gasteiger partial charge in [0.25, 0.3) is 0 Å². The van der Waals surface area contributed by atoms with Gasteiger partial charge in [-0.3, -0.25) is 4.90 Å². The first-order chi connectivity index (χ1) is 13.5. The van der Waals surface area contributed by atoms with Gasteiger partial charge in [-0.15, -0.1) is 0 Å². The standard InChI is InChI=1S/C22H27ClFN3S/c1-3-16(2)17-5-8-20(9-6-17)25-22(28)27-12-10-26(11-13-27)15-18-4-7-19(24)14-21(18)23/h4-9,14,16H,3,10-13,15H2,1-2H3,(H,25,28). The van der Waals surface area contributed by atoms with Crippen LogP contribution >= 0.6 is 23.8 Å². The molecule has 2 aromatic carbocycles. The Bertz CT molecular complexity index is 804. The minimum absolute atomic E-state index is 0.299. The van der Waals surface area contributed by atoms with Crippen LogP contribution in [0.2, 0.25) is 5.02 Å². The van der Waals surface area contributed by atoms with Gasteiger partial charge in [0, 0.05) is 43.4 Å². The van der Waals surface area contributed by atoms with Crippen LogP contribution in [0.4, 0.5) is 10.1 Å². The molecule has 3 nitrogen and oxygen atoms in total. The van der Waals surface area contributed by atoms with Crippen LogP contribution in [0.1, 0.15) is 37.3 Å². The number of anilines is 1. The number of nitrogens with one attached hydrogen (secondary N) is 1. The second-order valence-corrected chi connectivity index (χ2v) is 8.15. The van der Waals surface area contributed by atoms with E-state index >= 15 is 0 Å². The molecule has 1 saturated heterocycles. The van der Waals surface area contributed by atoms with E-state index in [4.69, 9.17) is 23.8 Å². The number of halogens is 2. The minimum Gasteiger partial charge on any atom is -0.346 e. The molecule has 1 aliphatic heterocycles. The second-order valence-electron chi connectivity index (χ2n) is 7.36. The molecule has 0 aliphatic carbocycles. The Morgan fingerprint density at radius 2 is 1.82 bits per heavy atom. The molecule has 6 heteroatoms. The molecule has 1 aliphatic rings.